The van der Waals surface area contributed by atoms with Gasteiger partial charge in [-0.3, -0.25) is 0 Å². The maximum Gasteiger partial charge on any atom is 0.141 e. The molecule has 2 fully saturated rings. The first-order valence-corrected chi connectivity index (χ1v) is 7.48. The summed E-state index contributed by atoms with van der Waals surface area (Å²) in [6, 6.07) is 5.10. The van der Waals surface area contributed by atoms with E-state index in [2.05, 4.69) is 5.32 Å². The second kappa shape index (κ2) is 5.88. The molecular formula is C15H19ClFNO2. The van der Waals surface area contributed by atoms with E-state index in [-0.39, 0.29) is 16.4 Å². The average Bonchev–Trinajstić information content (AvgIpc) is 2.44. The first kappa shape index (κ1) is 14.1. The zero-order valence-corrected chi connectivity index (χ0v) is 12.1. The predicted molar refractivity (Wildman–Crippen MR) is 76.8 cm³/mol. The third kappa shape index (κ3) is 3.08. The smallest absolute Gasteiger partial charge is 0.141 e. The predicted octanol–water partition coefficient (Wildman–Crippen LogP) is 3.62. The van der Waals surface area contributed by atoms with Crippen LogP contribution in [0.4, 0.5) is 10.1 Å². The first-order chi connectivity index (χ1) is 9.67. The lowest BCUT2D eigenvalue weighted by Gasteiger charge is -2.43. The molecule has 0 aromatic heterocycles. The molecule has 1 spiro atoms. The van der Waals surface area contributed by atoms with Crippen LogP contribution in [0.1, 0.15) is 25.7 Å². The summed E-state index contributed by atoms with van der Waals surface area (Å²) < 4.78 is 24.6. The van der Waals surface area contributed by atoms with Gasteiger partial charge in [0.05, 0.1) is 10.6 Å². The van der Waals surface area contributed by atoms with Crippen molar-refractivity contribution in [1.82, 2.24) is 0 Å². The Kier molecular flexibility index (Phi) is 4.15. The summed E-state index contributed by atoms with van der Waals surface area (Å²) in [5.74, 6) is -0.384. The van der Waals surface area contributed by atoms with Crippen molar-refractivity contribution >= 4 is 17.3 Å². The van der Waals surface area contributed by atoms with Crippen molar-refractivity contribution in [1.29, 1.82) is 0 Å². The summed E-state index contributed by atoms with van der Waals surface area (Å²) >= 11 is 5.82. The maximum absolute atomic E-state index is 13.2. The number of hydrogen-bond acceptors (Lipinski definition) is 3. The van der Waals surface area contributed by atoms with Crippen LogP contribution >= 0.6 is 11.6 Å². The third-order valence-corrected chi connectivity index (χ3v) is 4.48. The molecule has 3 nitrogen and oxygen atoms in total. The molecule has 1 aromatic rings. The molecule has 2 aliphatic rings. The van der Waals surface area contributed by atoms with Crippen molar-refractivity contribution < 1.29 is 13.9 Å². The van der Waals surface area contributed by atoms with Crippen LogP contribution in [0, 0.1) is 5.82 Å². The quantitative estimate of drug-likeness (QED) is 0.905. The Morgan fingerprint density at radius 3 is 2.80 bits per heavy atom. The summed E-state index contributed by atoms with van der Waals surface area (Å²) in [4.78, 5) is 0. The molecule has 0 amide bonds. The Morgan fingerprint density at radius 2 is 2.05 bits per heavy atom. The minimum absolute atomic E-state index is 0.0437. The van der Waals surface area contributed by atoms with E-state index in [4.69, 9.17) is 21.1 Å². The first-order valence-electron chi connectivity index (χ1n) is 7.10. The van der Waals surface area contributed by atoms with Gasteiger partial charge in [0.1, 0.15) is 5.82 Å². The van der Waals surface area contributed by atoms with Crippen LogP contribution in [0.5, 0.6) is 0 Å². The molecule has 20 heavy (non-hydrogen) atoms. The highest BCUT2D eigenvalue weighted by Crippen LogP contribution is 2.35. The zero-order valence-electron chi connectivity index (χ0n) is 11.3. The summed E-state index contributed by atoms with van der Waals surface area (Å²) in [6.45, 7) is 2.30. The number of rotatable bonds is 2. The third-order valence-electron chi connectivity index (χ3n) is 4.19. The molecule has 0 bridgehead atoms. The number of nitrogens with one attached hydrogen (secondary N) is 1. The Labute approximate surface area is 123 Å². The van der Waals surface area contributed by atoms with E-state index in [9.17, 15) is 4.39 Å². The van der Waals surface area contributed by atoms with E-state index < -0.39 is 0 Å². The largest absolute Gasteiger partial charge is 0.382 e. The van der Waals surface area contributed by atoms with Crippen LogP contribution in [0.15, 0.2) is 18.2 Å². The van der Waals surface area contributed by atoms with Gasteiger partial charge in [0.15, 0.2) is 0 Å². The van der Waals surface area contributed by atoms with Gasteiger partial charge in [-0.15, -0.1) is 0 Å². The average molecular weight is 300 g/mol. The maximum atomic E-state index is 13.2. The topological polar surface area (TPSA) is 30.5 Å². The molecule has 1 N–H and O–H groups in total. The van der Waals surface area contributed by atoms with Gasteiger partial charge >= 0.3 is 0 Å². The van der Waals surface area contributed by atoms with Crippen LogP contribution in [0.2, 0.25) is 5.02 Å². The molecule has 2 heterocycles. The molecule has 2 saturated heterocycles. The van der Waals surface area contributed by atoms with Crippen LogP contribution in [0.3, 0.4) is 0 Å². The van der Waals surface area contributed by atoms with Crippen molar-refractivity contribution in [3.8, 4) is 0 Å². The molecule has 0 saturated carbocycles. The van der Waals surface area contributed by atoms with Gasteiger partial charge in [0, 0.05) is 31.5 Å². The summed E-state index contributed by atoms with van der Waals surface area (Å²) in [7, 11) is 0. The van der Waals surface area contributed by atoms with Crippen LogP contribution in [0.25, 0.3) is 0 Å². The lowest BCUT2D eigenvalue weighted by atomic mass is 9.84. The molecule has 5 heteroatoms. The van der Waals surface area contributed by atoms with Crippen molar-refractivity contribution in [2.45, 2.75) is 37.3 Å². The molecule has 2 aliphatic heterocycles. The fourth-order valence-corrected chi connectivity index (χ4v) is 3.24. The highest BCUT2D eigenvalue weighted by molar-refractivity contribution is 6.31. The Balaban J connectivity index is 1.66. The molecule has 0 aliphatic carbocycles. The summed E-state index contributed by atoms with van der Waals surface area (Å²) in [6.07, 6.45) is 3.83. The normalized spacial score (nSPS) is 25.6. The molecule has 1 atom stereocenters. The highest BCUT2D eigenvalue weighted by Gasteiger charge is 2.38. The van der Waals surface area contributed by atoms with Gasteiger partial charge in [-0.25, -0.2) is 4.39 Å². The van der Waals surface area contributed by atoms with Crippen LogP contribution in [-0.2, 0) is 9.47 Å². The fraction of sp³-hybridized carbons (Fsp3) is 0.600. The van der Waals surface area contributed by atoms with E-state index in [0.29, 0.717) is 6.04 Å². The van der Waals surface area contributed by atoms with Gasteiger partial charge in [0.2, 0.25) is 0 Å². The zero-order chi connectivity index (χ0) is 14.0. The molecular weight excluding hydrogens is 281 g/mol. The van der Waals surface area contributed by atoms with Gasteiger partial charge in [-0.05, 0) is 43.9 Å². The minimum Gasteiger partial charge on any atom is -0.382 e. The second-order valence-electron chi connectivity index (χ2n) is 5.61. The van der Waals surface area contributed by atoms with Gasteiger partial charge < -0.3 is 14.8 Å². The molecule has 1 unspecified atom stereocenters. The Morgan fingerprint density at radius 1 is 1.25 bits per heavy atom. The van der Waals surface area contributed by atoms with Gasteiger partial charge in [0.25, 0.3) is 0 Å². The molecule has 1 aromatic carbocycles. The summed E-state index contributed by atoms with van der Waals surface area (Å²) in [5.41, 5.74) is 0.823. The van der Waals surface area contributed by atoms with Crippen LogP contribution in [-0.4, -0.2) is 31.5 Å². The van der Waals surface area contributed by atoms with E-state index in [0.717, 1.165) is 51.2 Å². The fourth-order valence-electron chi connectivity index (χ4n) is 3.06. The lowest BCUT2D eigenvalue weighted by Crippen LogP contribution is -2.47. The number of anilines is 1. The van der Waals surface area contributed by atoms with E-state index >= 15 is 0 Å². The van der Waals surface area contributed by atoms with Gasteiger partial charge in [-0.2, -0.15) is 0 Å². The van der Waals surface area contributed by atoms with Crippen LogP contribution < -0.4 is 5.32 Å². The SMILES string of the molecule is Fc1ccc(NC2CCOC3(CCOCC3)C2)cc1Cl. The monoisotopic (exact) mass is 299 g/mol. The Bertz CT molecular complexity index is 471. The molecule has 0 radical (unpaired) electrons. The number of hydrogen-bond donors (Lipinski definition) is 1. The number of benzene rings is 1. The summed E-state index contributed by atoms with van der Waals surface area (Å²) in [5, 5.41) is 3.60. The van der Waals surface area contributed by atoms with Gasteiger partial charge in [-0.1, -0.05) is 11.6 Å². The van der Waals surface area contributed by atoms with Crippen molar-refractivity contribution in [2.75, 3.05) is 25.1 Å². The number of halogens is 2. The van der Waals surface area contributed by atoms with Crippen molar-refractivity contribution in [3.05, 3.63) is 29.0 Å². The van der Waals surface area contributed by atoms with E-state index in [1.807, 2.05) is 0 Å². The number of ether oxygens (including phenoxy) is 2. The van der Waals surface area contributed by atoms with Crippen molar-refractivity contribution in [3.63, 3.8) is 0 Å². The molecule has 3 rings (SSSR count). The molecule has 110 valence electrons. The lowest BCUT2D eigenvalue weighted by molar-refractivity contribution is -0.135. The van der Waals surface area contributed by atoms with E-state index in [1.165, 1.54) is 6.07 Å². The second-order valence-corrected chi connectivity index (χ2v) is 6.01. The van der Waals surface area contributed by atoms with Crippen molar-refractivity contribution in [2.24, 2.45) is 0 Å². The minimum atomic E-state index is -0.384. The standard InChI is InChI=1S/C15H19ClFNO2/c16-13-9-11(1-2-14(13)17)18-12-3-6-20-15(10-12)4-7-19-8-5-15/h1-2,9,12,18H,3-8,10H2. The van der Waals surface area contributed by atoms with E-state index in [1.54, 1.807) is 12.1 Å². The highest BCUT2D eigenvalue weighted by atomic mass is 35.5. The Hall–Kier alpha value is -0.840.